The fourth-order valence-electron chi connectivity index (χ4n) is 2.13. The molecular weight excluding hydrogens is 228 g/mol. The van der Waals surface area contributed by atoms with E-state index in [1.165, 1.54) is 0 Å². The average Bonchev–Trinajstić information content (AvgIpc) is 2.38. The Morgan fingerprint density at radius 1 is 1.11 bits per heavy atom. The lowest BCUT2D eigenvalue weighted by Gasteiger charge is -2.42. The van der Waals surface area contributed by atoms with E-state index in [4.69, 9.17) is 0 Å². The standard InChI is InChI=1S/C13H20N4O/c1-13(2,3)17-6-4-16(5-7-17)12-14-8-11(10-18)9-15-12/h8-10H,4-7H2,1-3H3. The van der Waals surface area contributed by atoms with Crippen LogP contribution in [-0.4, -0.2) is 52.9 Å². The molecule has 0 saturated carbocycles. The van der Waals surface area contributed by atoms with E-state index in [0.717, 1.165) is 32.5 Å². The number of nitrogens with zero attached hydrogens (tertiary/aromatic N) is 4. The van der Waals surface area contributed by atoms with Crippen LogP contribution in [0.1, 0.15) is 31.1 Å². The first kappa shape index (κ1) is 13.0. The summed E-state index contributed by atoms with van der Waals surface area (Å²) in [4.78, 5) is 23.6. The van der Waals surface area contributed by atoms with Crippen molar-refractivity contribution in [1.29, 1.82) is 0 Å². The van der Waals surface area contributed by atoms with Crippen LogP contribution in [0.15, 0.2) is 12.4 Å². The first-order valence-electron chi connectivity index (χ1n) is 6.28. The Labute approximate surface area is 108 Å². The van der Waals surface area contributed by atoms with E-state index in [1.54, 1.807) is 12.4 Å². The van der Waals surface area contributed by atoms with Gasteiger partial charge in [-0.05, 0) is 20.8 Å². The summed E-state index contributed by atoms with van der Waals surface area (Å²) >= 11 is 0. The maximum absolute atomic E-state index is 10.5. The fraction of sp³-hybridized carbons (Fsp3) is 0.615. The van der Waals surface area contributed by atoms with Gasteiger partial charge in [-0.3, -0.25) is 9.69 Å². The number of hydrogen-bond donors (Lipinski definition) is 0. The van der Waals surface area contributed by atoms with Crippen LogP contribution in [0, 0.1) is 0 Å². The Kier molecular flexibility index (Phi) is 3.61. The summed E-state index contributed by atoms with van der Waals surface area (Å²) < 4.78 is 0. The number of anilines is 1. The molecule has 1 aromatic rings. The normalized spacial score (nSPS) is 17.8. The number of aldehydes is 1. The van der Waals surface area contributed by atoms with Gasteiger partial charge in [0.05, 0.1) is 5.56 Å². The van der Waals surface area contributed by atoms with E-state index in [-0.39, 0.29) is 5.54 Å². The van der Waals surface area contributed by atoms with Gasteiger partial charge in [0.15, 0.2) is 6.29 Å². The molecule has 0 N–H and O–H groups in total. The Morgan fingerprint density at radius 3 is 2.11 bits per heavy atom. The molecule has 1 aliphatic rings. The molecule has 2 heterocycles. The van der Waals surface area contributed by atoms with E-state index in [9.17, 15) is 4.79 Å². The maximum Gasteiger partial charge on any atom is 0.225 e. The molecule has 0 radical (unpaired) electrons. The topological polar surface area (TPSA) is 49.3 Å². The molecule has 0 bridgehead atoms. The van der Waals surface area contributed by atoms with Crippen LogP contribution in [-0.2, 0) is 0 Å². The number of carbonyl (C=O) groups excluding carboxylic acids is 1. The van der Waals surface area contributed by atoms with Crippen LogP contribution < -0.4 is 4.90 Å². The first-order valence-corrected chi connectivity index (χ1v) is 6.28. The molecule has 1 aromatic heterocycles. The molecule has 1 aliphatic heterocycles. The van der Waals surface area contributed by atoms with Crippen molar-refractivity contribution in [3.63, 3.8) is 0 Å². The molecule has 1 fully saturated rings. The summed E-state index contributed by atoms with van der Waals surface area (Å²) in [5.41, 5.74) is 0.737. The third kappa shape index (κ3) is 2.85. The maximum atomic E-state index is 10.5. The number of piperazine rings is 1. The zero-order valence-corrected chi connectivity index (χ0v) is 11.3. The minimum Gasteiger partial charge on any atom is -0.338 e. The number of carbonyl (C=O) groups is 1. The molecule has 5 heteroatoms. The van der Waals surface area contributed by atoms with Crippen molar-refractivity contribution in [1.82, 2.24) is 14.9 Å². The number of hydrogen-bond acceptors (Lipinski definition) is 5. The minimum atomic E-state index is 0.217. The van der Waals surface area contributed by atoms with Gasteiger partial charge >= 0.3 is 0 Å². The van der Waals surface area contributed by atoms with Crippen molar-refractivity contribution >= 4 is 12.2 Å². The van der Waals surface area contributed by atoms with Gasteiger partial charge in [-0.25, -0.2) is 9.97 Å². The fourth-order valence-corrected chi connectivity index (χ4v) is 2.13. The van der Waals surface area contributed by atoms with E-state index in [0.29, 0.717) is 11.5 Å². The Hall–Kier alpha value is -1.49. The zero-order chi connectivity index (χ0) is 13.2. The van der Waals surface area contributed by atoms with Crippen molar-refractivity contribution in [2.45, 2.75) is 26.3 Å². The predicted molar refractivity (Wildman–Crippen MR) is 71.0 cm³/mol. The van der Waals surface area contributed by atoms with Crippen molar-refractivity contribution in [2.75, 3.05) is 31.1 Å². The third-order valence-corrected chi connectivity index (χ3v) is 3.31. The number of rotatable bonds is 2. The molecule has 0 amide bonds. The van der Waals surface area contributed by atoms with Crippen molar-refractivity contribution in [2.24, 2.45) is 0 Å². The molecule has 5 nitrogen and oxygen atoms in total. The minimum absolute atomic E-state index is 0.217. The van der Waals surface area contributed by atoms with Crippen LogP contribution in [0.3, 0.4) is 0 Å². The molecule has 98 valence electrons. The van der Waals surface area contributed by atoms with E-state index in [1.807, 2.05) is 0 Å². The predicted octanol–water partition coefficient (Wildman–Crippen LogP) is 1.21. The van der Waals surface area contributed by atoms with Gasteiger partial charge in [-0.1, -0.05) is 0 Å². The summed E-state index contributed by atoms with van der Waals surface area (Å²) in [7, 11) is 0. The quantitative estimate of drug-likeness (QED) is 0.736. The van der Waals surface area contributed by atoms with Crippen LogP contribution in [0.2, 0.25) is 0 Å². The lowest BCUT2D eigenvalue weighted by Crippen LogP contribution is -2.53. The molecule has 0 spiro atoms. The van der Waals surface area contributed by atoms with Gasteiger partial charge in [0.25, 0.3) is 0 Å². The zero-order valence-electron chi connectivity index (χ0n) is 11.3. The van der Waals surface area contributed by atoms with Crippen molar-refractivity contribution in [3.05, 3.63) is 18.0 Å². The Morgan fingerprint density at radius 2 is 1.67 bits per heavy atom. The van der Waals surface area contributed by atoms with Crippen LogP contribution in [0.5, 0.6) is 0 Å². The monoisotopic (exact) mass is 248 g/mol. The smallest absolute Gasteiger partial charge is 0.225 e. The molecule has 0 aromatic carbocycles. The van der Waals surface area contributed by atoms with E-state index in [2.05, 4.69) is 40.5 Å². The van der Waals surface area contributed by atoms with Gasteiger partial charge in [-0.15, -0.1) is 0 Å². The lowest BCUT2D eigenvalue weighted by molar-refractivity contribution is 0.112. The summed E-state index contributed by atoms with van der Waals surface area (Å²) in [6.07, 6.45) is 3.91. The van der Waals surface area contributed by atoms with E-state index < -0.39 is 0 Å². The van der Waals surface area contributed by atoms with Crippen LogP contribution >= 0.6 is 0 Å². The first-order chi connectivity index (χ1) is 8.50. The van der Waals surface area contributed by atoms with Gasteiger partial charge in [0, 0.05) is 44.1 Å². The van der Waals surface area contributed by atoms with Gasteiger partial charge < -0.3 is 4.90 Å². The highest BCUT2D eigenvalue weighted by Gasteiger charge is 2.26. The largest absolute Gasteiger partial charge is 0.338 e. The summed E-state index contributed by atoms with van der Waals surface area (Å²) in [5.74, 6) is 0.717. The number of aromatic nitrogens is 2. The Balaban J connectivity index is 1.98. The van der Waals surface area contributed by atoms with Crippen LogP contribution in [0.4, 0.5) is 5.95 Å². The second kappa shape index (κ2) is 5.02. The SMILES string of the molecule is CC(C)(C)N1CCN(c2ncc(C=O)cn2)CC1. The molecule has 0 atom stereocenters. The lowest BCUT2D eigenvalue weighted by atomic mass is 10.1. The molecule has 2 rings (SSSR count). The second-order valence-electron chi connectivity index (χ2n) is 5.58. The third-order valence-electron chi connectivity index (χ3n) is 3.31. The summed E-state index contributed by atoms with van der Waals surface area (Å²) in [6.45, 7) is 10.6. The Bertz CT molecular complexity index is 402. The van der Waals surface area contributed by atoms with E-state index >= 15 is 0 Å². The molecular formula is C13H20N4O. The molecule has 0 unspecified atom stereocenters. The van der Waals surface area contributed by atoms with Gasteiger partial charge in [-0.2, -0.15) is 0 Å². The molecule has 18 heavy (non-hydrogen) atoms. The molecule has 1 saturated heterocycles. The highest BCUT2D eigenvalue weighted by Crippen LogP contribution is 2.17. The highest BCUT2D eigenvalue weighted by molar-refractivity contribution is 5.73. The van der Waals surface area contributed by atoms with Gasteiger partial charge in [0.2, 0.25) is 5.95 Å². The van der Waals surface area contributed by atoms with Gasteiger partial charge in [0.1, 0.15) is 0 Å². The molecule has 0 aliphatic carbocycles. The van der Waals surface area contributed by atoms with Crippen LogP contribution in [0.25, 0.3) is 0 Å². The summed E-state index contributed by atoms with van der Waals surface area (Å²) in [6, 6.07) is 0. The summed E-state index contributed by atoms with van der Waals surface area (Å²) in [5, 5.41) is 0. The van der Waals surface area contributed by atoms with Crippen molar-refractivity contribution < 1.29 is 4.79 Å². The van der Waals surface area contributed by atoms with Crippen molar-refractivity contribution in [3.8, 4) is 0 Å². The highest BCUT2D eigenvalue weighted by atomic mass is 16.1. The second-order valence-corrected chi connectivity index (χ2v) is 5.58. The average molecular weight is 248 g/mol.